The summed E-state index contributed by atoms with van der Waals surface area (Å²) >= 11 is 0. The van der Waals surface area contributed by atoms with E-state index < -0.39 is 0 Å². The van der Waals surface area contributed by atoms with Crippen molar-refractivity contribution >= 4 is 54.5 Å². The highest BCUT2D eigenvalue weighted by molar-refractivity contribution is 6.16. The van der Waals surface area contributed by atoms with Crippen LogP contribution in [0.1, 0.15) is 29.0 Å². The SMILES string of the molecule is c1ccc(-c2nc(-c3c(C4CCc5cc6ccccc6cc5-c5ccccc54)ccc4oc5ccccc5c34)nc(-c3cccc4c3c3ccccc3n4-c3ccccc3)n2)cc1. The minimum atomic E-state index is 0.0393. The lowest BCUT2D eigenvalue weighted by atomic mass is 9.82. The Kier molecular flexibility index (Phi) is 8.03. The average molecular weight is 807 g/mol. The zero-order valence-corrected chi connectivity index (χ0v) is 34.2. The fraction of sp³-hybridized carbons (Fsp3) is 0.0517. The Hall–Kier alpha value is -8.15. The molecule has 0 amide bonds. The van der Waals surface area contributed by atoms with Gasteiger partial charge in [0.1, 0.15) is 11.2 Å². The van der Waals surface area contributed by atoms with Crippen LogP contribution in [0.5, 0.6) is 0 Å². The highest BCUT2D eigenvalue weighted by atomic mass is 16.3. The van der Waals surface area contributed by atoms with E-state index in [4.69, 9.17) is 19.4 Å². The molecule has 0 saturated heterocycles. The number of rotatable bonds is 5. The molecule has 13 rings (SSSR count). The molecule has 63 heavy (non-hydrogen) atoms. The van der Waals surface area contributed by atoms with E-state index in [-0.39, 0.29) is 5.92 Å². The molecule has 1 atom stereocenters. The number of nitrogens with zero attached hydrogens (tertiary/aromatic N) is 4. The summed E-state index contributed by atoms with van der Waals surface area (Å²) < 4.78 is 8.99. The molecule has 296 valence electrons. The van der Waals surface area contributed by atoms with Gasteiger partial charge in [0.15, 0.2) is 17.5 Å². The van der Waals surface area contributed by atoms with Gasteiger partial charge in [0.2, 0.25) is 0 Å². The first-order chi connectivity index (χ1) is 31.2. The third kappa shape index (κ3) is 5.67. The van der Waals surface area contributed by atoms with Crippen molar-refractivity contribution in [1.82, 2.24) is 19.5 Å². The average Bonchev–Trinajstić information content (AvgIpc) is 3.85. The van der Waals surface area contributed by atoms with Crippen LogP contribution in [0, 0.1) is 0 Å². The van der Waals surface area contributed by atoms with Gasteiger partial charge < -0.3 is 8.98 Å². The van der Waals surface area contributed by atoms with Crippen LogP contribution in [0.25, 0.3) is 105 Å². The Morgan fingerprint density at radius 2 is 1.11 bits per heavy atom. The molecule has 5 nitrogen and oxygen atoms in total. The van der Waals surface area contributed by atoms with Crippen molar-refractivity contribution in [2.75, 3.05) is 0 Å². The van der Waals surface area contributed by atoms with Crippen LogP contribution >= 0.6 is 0 Å². The van der Waals surface area contributed by atoms with Gasteiger partial charge in [0, 0.05) is 49.8 Å². The van der Waals surface area contributed by atoms with E-state index in [2.05, 4.69) is 180 Å². The van der Waals surface area contributed by atoms with Crippen molar-refractivity contribution in [1.29, 1.82) is 0 Å². The zero-order chi connectivity index (χ0) is 41.4. The zero-order valence-electron chi connectivity index (χ0n) is 34.2. The summed E-state index contributed by atoms with van der Waals surface area (Å²) in [4.78, 5) is 16.4. The minimum absolute atomic E-state index is 0.0393. The topological polar surface area (TPSA) is 56.7 Å². The fourth-order valence-corrected chi connectivity index (χ4v) is 10.3. The third-order valence-corrected chi connectivity index (χ3v) is 13.1. The highest BCUT2D eigenvalue weighted by Gasteiger charge is 2.30. The van der Waals surface area contributed by atoms with Crippen LogP contribution in [0.2, 0.25) is 0 Å². The molecule has 3 heterocycles. The normalized spacial score (nSPS) is 13.7. The second-order valence-corrected chi connectivity index (χ2v) is 16.6. The summed E-state index contributed by atoms with van der Waals surface area (Å²) in [6.45, 7) is 0. The van der Waals surface area contributed by atoms with Crippen LogP contribution in [-0.4, -0.2) is 19.5 Å². The van der Waals surface area contributed by atoms with Gasteiger partial charge in [0.05, 0.1) is 11.0 Å². The molecule has 1 unspecified atom stereocenters. The number of hydrogen-bond donors (Lipinski definition) is 0. The van der Waals surface area contributed by atoms with Crippen molar-refractivity contribution in [3.63, 3.8) is 0 Å². The lowest BCUT2D eigenvalue weighted by molar-refractivity contribution is 0.668. The Labute approximate surface area is 363 Å². The van der Waals surface area contributed by atoms with Crippen LogP contribution in [0.3, 0.4) is 0 Å². The van der Waals surface area contributed by atoms with E-state index in [1.807, 2.05) is 24.3 Å². The van der Waals surface area contributed by atoms with Crippen LogP contribution in [0.4, 0.5) is 0 Å². The standard InChI is InChI=1S/C58H38N4O/c1-3-16-36(17-4-1)56-59-57(47-26-15-28-50-53(47)45-24-11-13-27-49(45)62(50)40-20-5-2-6-21-40)61-58(60-56)55-44(32-33-52-54(55)46-25-12-14-29-51(46)63-52)43-31-30-39-34-37-18-7-8-19-38(37)35-48(39)42-23-10-9-22-41(42)43/h1-29,32-35,43H,30-31H2. The van der Waals surface area contributed by atoms with Crippen molar-refractivity contribution in [2.45, 2.75) is 18.8 Å². The predicted molar refractivity (Wildman–Crippen MR) is 257 cm³/mol. The number of hydrogen-bond acceptors (Lipinski definition) is 4. The number of benzene rings is 9. The maximum atomic E-state index is 6.65. The maximum Gasteiger partial charge on any atom is 0.165 e. The molecule has 5 heteroatoms. The molecule has 0 aliphatic heterocycles. The van der Waals surface area contributed by atoms with E-state index in [1.165, 1.54) is 38.6 Å². The van der Waals surface area contributed by atoms with Crippen molar-refractivity contribution in [3.8, 4) is 51.0 Å². The first-order valence-corrected chi connectivity index (χ1v) is 21.7. The molecule has 0 spiro atoms. The predicted octanol–water partition coefficient (Wildman–Crippen LogP) is 14.8. The number of aryl methyl sites for hydroxylation is 1. The smallest absolute Gasteiger partial charge is 0.165 e. The molecule has 1 aliphatic rings. The fourth-order valence-electron chi connectivity index (χ4n) is 10.3. The van der Waals surface area contributed by atoms with Crippen LogP contribution in [-0.2, 0) is 6.42 Å². The maximum absolute atomic E-state index is 6.65. The van der Waals surface area contributed by atoms with E-state index in [9.17, 15) is 0 Å². The molecular weight excluding hydrogens is 769 g/mol. The van der Waals surface area contributed by atoms with Crippen molar-refractivity contribution in [2.24, 2.45) is 0 Å². The molecule has 0 saturated carbocycles. The van der Waals surface area contributed by atoms with Gasteiger partial charge >= 0.3 is 0 Å². The van der Waals surface area contributed by atoms with Gasteiger partial charge in [-0.1, -0.05) is 158 Å². The van der Waals surface area contributed by atoms with Gasteiger partial charge in [-0.2, -0.15) is 0 Å². The van der Waals surface area contributed by atoms with Crippen LogP contribution < -0.4 is 0 Å². The largest absolute Gasteiger partial charge is 0.456 e. The van der Waals surface area contributed by atoms with E-state index in [0.29, 0.717) is 17.5 Å². The molecular formula is C58H38N4O. The number of aromatic nitrogens is 4. The second-order valence-electron chi connectivity index (χ2n) is 16.6. The molecule has 0 N–H and O–H groups in total. The first kappa shape index (κ1) is 35.6. The van der Waals surface area contributed by atoms with Gasteiger partial charge in [-0.05, 0) is 93.9 Å². The van der Waals surface area contributed by atoms with Crippen molar-refractivity contribution in [3.05, 3.63) is 217 Å². The van der Waals surface area contributed by atoms with Crippen LogP contribution in [0.15, 0.2) is 205 Å². The first-order valence-electron chi connectivity index (χ1n) is 21.7. The number of para-hydroxylation sites is 3. The summed E-state index contributed by atoms with van der Waals surface area (Å²) in [5, 5.41) is 6.82. The lowest BCUT2D eigenvalue weighted by Crippen LogP contribution is -2.07. The number of fused-ring (bicyclic) bond motifs is 10. The lowest BCUT2D eigenvalue weighted by Gasteiger charge is -2.22. The van der Waals surface area contributed by atoms with Gasteiger partial charge in [-0.25, -0.2) is 15.0 Å². The number of furan rings is 1. The Bertz CT molecular complexity index is 3750. The van der Waals surface area contributed by atoms with E-state index in [0.717, 1.165) is 79.0 Å². The van der Waals surface area contributed by atoms with Crippen molar-refractivity contribution < 1.29 is 4.42 Å². The molecule has 1 aliphatic carbocycles. The summed E-state index contributed by atoms with van der Waals surface area (Å²) in [5.41, 5.74) is 14.2. The Morgan fingerprint density at radius 3 is 1.98 bits per heavy atom. The van der Waals surface area contributed by atoms with E-state index in [1.54, 1.807) is 0 Å². The molecule has 0 radical (unpaired) electrons. The summed E-state index contributed by atoms with van der Waals surface area (Å²) in [5.74, 6) is 1.91. The highest BCUT2D eigenvalue weighted by Crippen LogP contribution is 2.48. The van der Waals surface area contributed by atoms with Gasteiger partial charge in [-0.3, -0.25) is 0 Å². The molecule has 12 aromatic rings. The monoisotopic (exact) mass is 806 g/mol. The summed E-state index contributed by atoms with van der Waals surface area (Å²) in [6, 6.07) is 71.2. The van der Waals surface area contributed by atoms with Gasteiger partial charge in [-0.15, -0.1) is 0 Å². The molecule has 9 aromatic carbocycles. The molecule has 3 aromatic heterocycles. The molecule has 0 fully saturated rings. The Balaban J connectivity index is 1.10. The minimum Gasteiger partial charge on any atom is -0.456 e. The Morgan fingerprint density at radius 1 is 0.444 bits per heavy atom. The third-order valence-electron chi connectivity index (χ3n) is 13.1. The molecule has 0 bridgehead atoms. The quantitative estimate of drug-likeness (QED) is 0.174. The summed E-state index contributed by atoms with van der Waals surface area (Å²) in [7, 11) is 0. The second kappa shape index (κ2) is 14.2. The van der Waals surface area contributed by atoms with E-state index >= 15 is 0 Å². The van der Waals surface area contributed by atoms with Gasteiger partial charge in [0.25, 0.3) is 0 Å². The summed E-state index contributed by atoms with van der Waals surface area (Å²) in [6.07, 6.45) is 1.84.